The third kappa shape index (κ3) is 1.95. The number of nitrogens with zero attached hydrogens (tertiary/aromatic N) is 2. The van der Waals surface area contributed by atoms with Crippen molar-refractivity contribution in [2.75, 3.05) is 13.1 Å². The summed E-state index contributed by atoms with van der Waals surface area (Å²) in [7, 11) is 0. The number of rotatable bonds is 1. The van der Waals surface area contributed by atoms with E-state index in [1.807, 2.05) is 10.6 Å². The molecule has 0 spiro atoms. The topological polar surface area (TPSA) is 51.5 Å². The number of hydrogen-bond acceptors (Lipinski definition) is 4. The quantitative estimate of drug-likeness (QED) is 0.735. The molecule has 1 aromatic rings. The van der Waals surface area contributed by atoms with Gasteiger partial charge < -0.3 is 9.40 Å². The van der Waals surface area contributed by atoms with Gasteiger partial charge in [-0.15, -0.1) is 5.06 Å². The van der Waals surface area contributed by atoms with Gasteiger partial charge in [-0.25, -0.2) is 0 Å². The highest BCUT2D eigenvalue weighted by Crippen LogP contribution is 2.34. The van der Waals surface area contributed by atoms with Crippen molar-refractivity contribution < 1.29 is 9.63 Å². The number of hydrogen-bond donors (Lipinski definition) is 0. The number of carbonyl (C=O) groups is 1. The van der Waals surface area contributed by atoms with Crippen molar-refractivity contribution in [2.24, 2.45) is 5.92 Å². The number of carbonyl (C=O) groups excluding carboxylic acids is 1. The van der Waals surface area contributed by atoms with Crippen LogP contribution in [0.15, 0.2) is 23.0 Å². The van der Waals surface area contributed by atoms with Crippen LogP contribution in [0.1, 0.15) is 25.0 Å². The number of fused-ring (bicyclic) bond motifs is 4. The second-order valence-corrected chi connectivity index (χ2v) is 5.13. The monoisotopic (exact) mass is 248 g/mol. The fourth-order valence-corrected chi connectivity index (χ4v) is 3.11. The van der Waals surface area contributed by atoms with E-state index in [2.05, 4.69) is 0 Å². The minimum atomic E-state index is -0.277. The van der Waals surface area contributed by atoms with Crippen molar-refractivity contribution in [1.29, 1.82) is 0 Å². The lowest BCUT2D eigenvalue weighted by Crippen LogP contribution is -2.47. The van der Waals surface area contributed by atoms with Gasteiger partial charge in [0.25, 0.3) is 5.56 Å². The van der Waals surface area contributed by atoms with Crippen LogP contribution in [-0.2, 0) is 16.2 Å². The molecule has 0 radical (unpaired) electrons. The van der Waals surface area contributed by atoms with Crippen LogP contribution in [-0.4, -0.2) is 28.7 Å². The average Bonchev–Trinajstić information content (AvgIpc) is 2.29. The van der Waals surface area contributed by atoms with Crippen LogP contribution in [0, 0.1) is 5.92 Å². The van der Waals surface area contributed by atoms with Gasteiger partial charge in [0.2, 0.25) is 0 Å². The second-order valence-electron chi connectivity index (χ2n) is 5.13. The minimum Gasteiger partial charge on any atom is -0.368 e. The van der Waals surface area contributed by atoms with Crippen LogP contribution >= 0.6 is 0 Å². The molecular formula is C13H16N2O3. The average molecular weight is 248 g/mol. The SMILES string of the molecule is CC(=O)ON1CC2CC(C1)c1cccc(=O)n1C2. The van der Waals surface area contributed by atoms with E-state index < -0.39 is 0 Å². The van der Waals surface area contributed by atoms with Gasteiger partial charge in [0, 0.05) is 44.2 Å². The summed E-state index contributed by atoms with van der Waals surface area (Å²) >= 11 is 0. The second kappa shape index (κ2) is 4.24. The summed E-state index contributed by atoms with van der Waals surface area (Å²) in [6.45, 7) is 3.54. The Hall–Kier alpha value is -1.62. The first-order chi connectivity index (χ1) is 8.63. The first-order valence-corrected chi connectivity index (χ1v) is 6.26. The Morgan fingerprint density at radius 2 is 2.17 bits per heavy atom. The number of piperidine rings is 1. The summed E-state index contributed by atoms with van der Waals surface area (Å²) < 4.78 is 1.87. The minimum absolute atomic E-state index is 0.0723. The molecule has 2 unspecified atom stereocenters. The molecular weight excluding hydrogens is 232 g/mol. The fourth-order valence-electron chi connectivity index (χ4n) is 3.11. The van der Waals surface area contributed by atoms with E-state index in [4.69, 9.17) is 4.84 Å². The molecule has 0 amide bonds. The van der Waals surface area contributed by atoms with Crippen LogP contribution in [0.4, 0.5) is 0 Å². The molecule has 96 valence electrons. The first-order valence-electron chi connectivity index (χ1n) is 6.26. The highest BCUT2D eigenvalue weighted by atomic mass is 16.7. The highest BCUT2D eigenvalue weighted by Gasteiger charge is 2.35. The third-order valence-corrected chi connectivity index (χ3v) is 3.70. The maximum Gasteiger partial charge on any atom is 0.322 e. The van der Waals surface area contributed by atoms with Crippen LogP contribution in [0.3, 0.4) is 0 Å². The summed E-state index contributed by atoms with van der Waals surface area (Å²) in [5.74, 6) is 0.391. The standard InChI is InChI=1S/C13H16N2O3/c1-9(16)18-14-6-10-5-11(8-14)12-3-2-4-13(17)15(12)7-10/h2-4,10-11H,5-8H2,1H3. The van der Waals surface area contributed by atoms with Crippen LogP contribution in [0.2, 0.25) is 0 Å². The fraction of sp³-hybridized carbons (Fsp3) is 0.538. The van der Waals surface area contributed by atoms with E-state index in [-0.39, 0.29) is 17.4 Å². The Morgan fingerprint density at radius 3 is 2.94 bits per heavy atom. The summed E-state index contributed by atoms with van der Waals surface area (Å²) in [6.07, 6.45) is 1.07. The molecule has 3 heterocycles. The number of aromatic nitrogens is 1. The Balaban J connectivity index is 1.90. The molecule has 18 heavy (non-hydrogen) atoms. The van der Waals surface area contributed by atoms with Gasteiger partial charge in [-0.1, -0.05) is 6.07 Å². The molecule has 1 aromatic heterocycles. The van der Waals surface area contributed by atoms with Gasteiger partial charge in [-0.05, 0) is 18.4 Å². The first kappa shape index (κ1) is 11.5. The zero-order chi connectivity index (χ0) is 12.7. The molecule has 0 aliphatic carbocycles. The maximum absolute atomic E-state index is 11.8. The van der Waals surface area contributed by atoms with E-state index >= 15 is 0 Å². The Labute approximate surface area is 105 Å². The molecule has 2 atom stereocenters. The van der Waals surface area contributed by atoms with Crippen molar-refractivity contribution in [3.05, 3.63) is 34.2 Å². The van der Waals surface area contributed by atoms with E-state index in [0.717, 1.165) is 25.2 Å². The lowest BCUT2D eigenvalue weighted by atomic mass is 9.84. The van der Waals surface area contributed by atoms with Crippen LogP contribution in [0.25, 0.3) is 0 Å². The molecule has 0 aromatic carbocycles. The van der Waals surface area contributed by atoms with E-state index in [9.17, 15) is 9.59 Å². The van der Waals surface area contributed by atoms with E-state index in [0.29, 0.717) is 12.5 Å². The number of pyridine rings is 1. The molecule has 5 heteroatoms. The summed E-state index contributed by atoms with van der Waals surface area (Å²) in [6, 6.07) is 5.41. The van der Waals surface area contributed by atoms with Crippen molar-refractivity contribution >= 4 is 5.97 Å². The molecule has 0 saturated carbocycles. The predicted molar refractivity (Wildman–Crippen MR) is 64.9 cm³/mol. The highest BCUT2D eigenvalue weighted by molar-refractivity contribution is 5.65. The van der Waals surface area contributed by atoms with Crippen molar-refractivity contribution in [1.82, 2.24) is 9.63 Å². The molecule has 5 nitrogen and oxygen atoms in total. The van der Waals surface area contributed by atoms with Crippen molar-refractivity contribution in [3.63, 3.8) is 0 Å². The van der Waals surface area contributed by atoms with Gasteiger partial charge in [-0.3, -0.25) is 9.59 Å². The maximum atomic E-state index is 11.8. The van der Waals surface area contributed by atoms with Gasteiger partial charge in [-0.2, -0.15) is 0 Å². The summed E-state index contributed by atoms with van der Waals surface area (Å²) in [5, 5.41) is 1.74. The Kier molecular flexibility index (Phi) is 2.70. The van der Waals surface area contributed by atoms with Crippen molar-refractivity contribution in [2.45, 2.75) is 25.8 Å². The molecule has 0 N–H and O–H groups in total. The largest absolute Gasteiger partial charge is 0.368 e. The van der Waals surface area contributed by atoms with Crippen molar-refractivity contribution in [3.8, 4) is 0 Å². The van der Waals surface area contributed by atoms with Gasteiger partial charge in [0.05, 0.1) is 0 Å². The van der Waals surface area contributed by atoms with Gasteiger partial charge >= 0.3 is 5.97 Å². The molecule has 3 rings (SSSR count). The normalized spacial score (nSPS) is 26.5. The lowest BCUT2D eigenvalue weighted by molar-refractivity contribution is -0.199. The van der Waals surface area contributed by atoms with Crippen LogP contribution in [0.5, 0.6) is 0 Å². The Bertz CT molecular complexity index is 537. The molecule has 2 bridgehead atoms. The smallest absolute Gasteiger partial charge is 0.322 e. The van der Waals surface area contributed by atoms with E-state index in [1.54, 1.807) is 17.2 Å². The lowest BCUT2D eigenvalue weighted by Gasteiger charge is -2.41. The van der Waals surface area contributed by atoms with E-state index in [1.165, 1.54) is 6.92 Å². The third-order valence-electron chi connectivity index (χ3n) is 3.70. The molecule has 2 aliphatic heterocycles. The summed E-state index contributed by atoms with van der Waals surface area (Å²) in [5.41, 5.74) is 1.14. The molecule has 1 fully saturated rings. The number of hydroxylamine groups is 2. The molecule has 1 saturated heterocycles. The van der Waals surface area contributed by atoms with Gasteiger partial charge in [0.15, 0.2) is 0 Å². The Morgan fingerprint density at radius 1 is 1.33 bits per heavy atom. The zero-order valence-electron chi connectivity index (χ0n) is 10.3. The predicted octanol–water partition coefficient (Wildman–Crippen LogP) is 0.745. The van der Waals surface area contributed by atoms with Crippen LogP contribution < -0.4 is 5.56 Å². The van der Waals surface area contributed by atoms with Gasteiger partial charge in [0.1, 0.15) is 0 Å². The zero-order valence-corrected chi connectivity index (χ0v) is 10.3. The summed E-state index contributed by atoms with van der Waals surface area (Å²) in [4.78, 5) is 28.0. The molecule has 2 aliphatic rings.